The number of hydrogen-bond donors (Lipinski definition) is 4. The van der Waals surface area contributed by atoms with Gasteiger partial charge in [0.1, 0.15) is 30.3 Å². The van der Waals surface area contributed by atoms with Gasteiger partial charge in [0.15, 0.2) is 5.84 Å². The number of nitrogens with one attached hydrogen (secondary N) is 4. The molecule has 4 unspecified atom stereocenters. The summed E-state index contributed by atoms with van der Waals surface area (Å²) in [5, 5.41) is 18.9. The molecule has 1 aliphatic carbocycles. The average Bonchev–Trinajstić information content (AvgIpc) is 3.58. The molecule has 0 bridgehead atoms. The summed E-state index contributed by atoms with van der Waals surface area (Å²) < 4.78 is 80.4. The molecule has 0 radical (unpaired) electrons. The van der Waals surface area contributed by atoms with Gasteiger partial charge in [-0.2, -0.15) is 9.82 Å². The van der Waals surface area contributed by atoms with Crippen LogP contribution in [0.5, 0.6) is 0 Å². The summed E-state index contributed by atoms with van der Waals surface area (Å²) in [4.78, 5) is 36.1. The molecule has 2 aliphatic rings. The van der Waals surface area contributed by atoms with E-state index < -0.39 is 59.3 Å². The Hall–Kier alpha value is -5.17. The highest BCUT2D eigenvalue weighted by atomic mass is 35.5. The minimum atomic E-state index is -2.90. The first kappa shape index (κ1) is 42.9. The first-order chi connectivity index (χ1) is 28.6. The SMILES string of the molecule is CC1CN(c2ccc3c(=O)n(-c4ccc(Cl)c(C(=N)N[S+](C)[O-])c4NCC(F)F)c(C(Cc4cc(F)cc(F)c4)NC(=O)Cn4ccc(C5CCC5)n4)nc3c2)CC(C)O1. The molecule has 1 saturated heterocycles. The maximum Gasteiger partial charge on any atom is 0.266 e. The normalized spacial score (nSPS) is 18.0. The number of carbonyl (C=O) groups is 1. The molecule has 5 aromatic rings. The van der Waals surface area contributed by atoms with Crippen molar-refractivity contribution in [1.82, 2.24) is 29.4 Å². The number of benzene rings is 3. The number of alkyl halides is 2. The Kier molecular flexibility index (Phi) is 13.0. The standard InChI is InChI=1S/C41H44ClF4N9O4S/c1-22-19-53(20-23(2)59-22)28-7-8-29-32(17-28)50-40(55(41(29)57)34-10-9-30(42)37(39(47)52-60(3)58)38(34)48-18-35(45)46)33(15-24-13-26(43)16-27(44)14-24)49-36(56)21-54-12-11-31(51-54)25-5-4-6-25/h7-14,16-17,22-23,25,33,35,48H,4-6,15,18-21H2,1-3H3,(H2,47,52)(H,49,56). The fourth-order valence-electron chi connectivity index (χ4n) is 7.74. The lowest BCUT2D eigenvalue weighted by molar-refractivity contribution is -0.122. The van der Waals surface area contributed by atoms with Crippen LogP contribution >= 0.6 is 11.6 Å². The summed E-state index contributed by atoms with van der Waals surface area (Å²) in [6, 6.07) is 11.2. The molecule has 19 heteroatoms. The number of carbonyl (C=O) groups excluding carboxylic acids is 1. The van der Waals surface area contributed by atoms with Crippen molar-refractivity contribution in [2.24, 2.45) is 0 Å². The number of morpholine rings is 1. The molecular weight excluding hydrogens is 826 g/mol. The fraction of sp³-hybridized carbons (Fsp3) is 0.390. The second-order valence-corrected chi connectivity index (χ2v) is 16.7. The zero-order valence-corrected chi connectivity index (χ0v) is 34.6. The quantitative estimate of drug-likeness (QED) is 0.0429. The summed E-state index contributed by atoms with van der Waals surface area (Å²) in [6.45, 7) is 3.81. The van der Waals surface area contributed by atoms with Crippen LogP contribution in [0.25, 0.3) is 16.6 Å². The van der Waals surface area contributed by atoms with E-state index in [0.717, 1.165) is 47.3 Å². The molecule has 13 nitrogen and oxygen atoms in total. The van der Waals surface area contributed by atoms with E-state index in [2.05, 4.69) is 25.4 Å². The van der Waals surface area contributed by atoms with Gasteiger partial charge in [-0.3, -0.25) is 24.2 Å². The third kappa shape index (κ3) is 9.72. The van der Waals surface area contributed by atoms with Crippen molar-refractivity contribution in [1.29, 1.82) is 5.41 Å². The number of hydrogen-bond acceptors (Lipinski definition) is 9. The summed E-state index contributed by atoms with van der Waals surface area (Å²) in [5.74, 6) is -2.65. The third-order valence-electron chi connectivity index (χ3n) is 10.5. The van der Waals surface area contributed by atoms with Crippen molar-refractivity contribution in [3.8, 4) is 5.69 Å². The van der Waals surface area contributed by atoms with Crippen LogP contribution in [0.1, 0.15) is 67.7 Å². The number of amides is 1. The smallest absolute Gasteiger partial charge is 0.266 e. The largest absolute Gasteiger partial charge is 0.593 e. The van der Waals surface area contributed by atoms with Crippen LogP contribution in [0.2, 0.25) is 5.02 Å². The molecule has 2 fully saturated rings. The first-order valence-electron chi connectivity index (χ1n) is 19.4. The zero-order chi connectivity index (χ0) is 42.8. The summed E-state index contributed by atoms with van der Waals surface area (Å²) in [6.07, 6.45) is 2.67. The van der Waals surface area contributed by atoms with Crippen molar-refractivity contribution in [2.75, 3.05) is 36.1 Å². The van der Waals surface area contributed by atoms with E-state index >= 15 is 4.79 Å². The van der Waals surface area contributed by atoms with Crippen LogP contribution in [-0.2, 0) is 33.9 Å². The molecule has 3 aromatic carbocycles. The number of rotatable bonds is 14. The van der Waals surface area contributed by atoms with Gasteiger partial charge in [-0.05, 0) is 80.8 Å². The van der Waals surface area contributed by atoms with Gasteiger partial charge < -0.3 is 24.8 Å². The Morgan fingerprint density at radius 3 is 2.43 bits per heavy atom. The van der Waals surface area contributed by atoms with Crippen LogP contribution < -0.4 is 25.8 Å². The zero-order valence-electron chi connectivity index (χ0n) is 33.0. The number of ether oxygens (including phenoxy) is 1. The minimum absolute atomic E-state index is 0.0940. The number of fused-ring (bicyclic) bond motifs is 1. The number of halogens is 5. The van der Waals surface area contributed by atoms with Crippen molar-refractivity contribution in [3.63, 3.8) is 0 Å². The van der Waals surface area contributed by atoms with Gasteiger partial charge in [-0.1, -0.05) is 18.0 Å². The van der Waals surface area contributed by atoms with Gasteiger partial charge in [0, 0.05) is 43.4 Å². The van der Waals surface area contributed by atoms with E-state index in [1.807, 2.05) is 19.9 Å². The minimum Gasteiger partial charge on any atom is -0.593 e. The first-order valence-corrected chi connectivity index (χ1v) is 21.4. The highest BCUT2D eigenvalue weighted by Crippen LogP contribution is 2.36. The topological polar surface area (TPSA) is 165 Å². The molecule has 3 heterocycles. The predicted molar refractivity (Wildman–Crippen MR) is 223 cm³/mol. The Labute approximate surface area is 351 Å². The fourth-order valence-corrected chi connectivity index (χ4v) is 8.38. The van der Waals surface area contributed by atoms with Crippen LogP contribution in [0.4, 0.5) is 28.9 Å². The second kappa shape index (κ2) is 18.2. The van der Waals surface area contributed by atoms with Crippen LogP contribution in [0.3, 0.4) is 0 Å². The van der Waals surface area contributed by atoms with Gasteiger partial charge in [-0.15, -0.1) is 0 Å². The van der Waals surface area contributed by atoms with Crippen LogP contribution in [0, 0.1) is 17.0 Å². The Morgan fingerprint density at radius 2 is 1.78 bits per heavy atom. The van der Waals surface area contributed by atoms with Gasteiger partial charge in [0.2, 0.25) is 5.91 Å². The highest BCUT2D eigenvalue weighted by Gasteiger charge is 2.30. The molecule has 4 atom stereocenters. The van der Waals surface area contributed by atoms with Crippen molar-refractivity contribution in [2.45, 2.75) is 76.7 Å². The van der Waals surface area contributed by atoms with Gasteiger partial charge in [0.05, 0.1) is 74.7 Å². The Bertz CT molecular complexity index is 2430. The Balaban J connectivity index is 1.44. The monoisotopic (exact) mass is 869 g/mol. The van der Waals surface area contributed by atoms with Crippen molar-refractivity contribution in [3.05, 3.63) is 110 Å². The molecular formula is C41H44ClF4N9O4S. The summed E-state index contributed by atoms with van der Waals surface area (Å²) >= 11 is 4.80. The summed E-state index contributed by atoms with van der Waals surface area (Å²) in [7, 11) is 0. The average molecular weight is 870 g/mol. The molecule has 2 aromatic heterocycles. The van der Waals surface area contributed by atoms with E-state index in [4.69, 9.17) is 26.7 Å². The van der Waals surface area contributed by atoms with Gasteiger partial charge in [-0.25, -0.2) is 22.5 Å². The predicted octanol–water partition coefficient (Wildman–Crippen LogP) is 6.38. The number of amidine groups is 1. The number of aromatic nitrogens is 4. The number of nitrogens with zero attached hydrogens (tertiary/aromatic N) is 5. The molecule has 60 heavy (non-hydrogen) atoms. The maximum atomic E-state index is 15.0. The maximum absolute atomic E-state index is 15.0. The second-order valence-electron chi connectivity index (χ2n) is 15.2. The highest BCUT2D eigenvalue weighted by molar-refractivity contribution is 7.89. The molecule has 1 amide bonds. The van der Waals surface area contributed by atoms with Crippen molar-refractivity contribution < 1.29 is 31.6 Å². The molecule has 4 N–H and O–H groups in total. The molecule has 0 spiro atoms. The lowest BCUT2D eigenvalue weighted by atomic mass is 9.83. The lowest BCUT2D eigenvalue weighted by Gasteiger charge is -2.37. The van der Waals surface area contributed by atoms with Crippen LogP contribution in [0.15, 0.2) is 65.6 Å². The van der Waals surface area contributed by atoms with E-state index in [-0.39, 0.29) is 69.4 Å². The van der Waals surface area contributed by atoms with Gasteiger partial charge in [0.25, 0.3) is 12.0 Å². The third-order valence-corrected chi connectivity index (χ3v) is 11.3. The lowest BCUT2D eigenvalue weighted by Crippen LogP contribution is -2.45. The molecule has 318 valence electrons. The molecule has 1 saturated carbocycles. The van der Waals surface area contributed by atoms with E-state index in [1.54, 1.807) is 24.4 Å². The van der Waals surface area contributed by atoms with Crippen molar-refractivity contribution >= 4 is 57.0 Å². The van der Waals surface area contributed by atoms with Crippen LogP contribution in [-0.4, -0.2) is 80.2 Å². The van der Waals surface area contributed by atoms with Gasteiger partial charge >= 0.3 is 0 Å². The summed E-state index contributed by atoms with van der Waals surface area (Å²) in [5.41, 5.74) is 0.740. The molecule has 1 aliphatic heterocycles. The number of anilines is 2. The van der Waals surface area contributed by atoms with E-state index in [1.165, 1.54) is 23.1 Å². The Morgan fingerprint density at radius 1 is 1.07 bits per heavy atom. The molecule has 7 rings (SSSR count). The van der Waals surface area contributed by atoms with E-state index in [0.29, 0.717) is 25.1 Å². The van der Waals surface area contributed by atoms with E-state index in [9.17, 15) is 26.9 Å².